The summed E-state index contributed by atoms with van der Waals surface area (Å²) in [5.74, 6) is -1.95. The van der Waals surface area contributed by atoms with Gasteiger partial charge >= 0.3 is 6.03 Å². The molecular formula is C35H64N6O7S. The molecule has 1 heterocycles. The van der Waals surface area contributed by atoms with Crippen molar-refractivity contribution in [1.82, 2.24) is 30.5 Å². The number of nitrogens with one attached hydrogen (secondary N) is 4. The molecule has 1 saturated heterocycles. The van der Waals surface area contributed by atoms with Gasteiger partial charge in [0.2, 0.25) is 21.8 Å². The Bertz CT molecular complexity index is 1350. The Hall–Kier alpha value is -2.71. The zero-order chi connectivity index (χ0) is 38.1. The van der Waals surface area contributed by atoms with Crippen molar-refractivity contribution in [3.63, 3.8) is 0 Å². The Kier molecular flexibility index (Phi) is 13.2. The average molecular weight is 713 g/mol. The maximum absolute atomic E-state index is 14.4. The molecule has 1 aliphatic heterocycles. The third-order valence-electron chi connectivity index (χ3n) is 10.2. The van der Waals surface area contributed by atoms with E-state index in [0.717, 1.165) is 0 Å². The molecule has 2 rings (SSSR count). The Balaban J connectivity index is 2.35. The molecule has 5 amide bonds. The maximum Gasteiger partial charge on any atom is 0.315 e. The Morgan fingerprint density at radius 3 is 2.04 bits per heavy atom. The van der Waals surface area contributed by atoms with E-state index in [4.69, 9.17) is 0 Å². The quantitative estimate of drug-likeness (QED) is 0.172. The number of hydrogen-bond acceptors (Lipinski definition) is 7. The number of aliphatic hydroxyl groups is 1. The van der Waals surface area contributed by atoms with Gasteiger partial charge in [0.15, 0.2) is 6.10 Å². The number of fused-ring (bicyclic) bond motifs is 1. The zero-order valence-electron chi connectivity index (χ0n) is 32.1. The smallest absolute Gasteiger partial charge is 0.315 e. The molecule has 282 valence electrons. The molecule has 5 N–H and O–H groups in total. The first-order chi connectivity index (χ1) is 22.1. The minimum absolute atomic E-state index is 0.0577. The molecule has 0 radical (unpaired) electrons. The van der Waals surface area contributed by atoms with E-state index in [9.17, 15) is 32.7 Å². The van der Waals surface area contributed by atoms with Crippen molar-refractivity contribution in [2.24, 2.45) is 28.1 Å². The van der Waals surface area contributed by atoms with E-state index >= 15 is 0 Å². The Labute approximate surface area is 294 Å². The molecular weight excluding hydrogens is 648 g/mol. The zero-order valence-corrected chi connectivity index (χ0v) is 32.9. The summed E-state index contributed by atoms with van der Waals surface area (Å²) in [6, 6.07) is -4.28. The molecule has 7 atom stereocenters. The van der Waals surface area contributed by atoms with Crippen LogP contribution in [-0.4, -0.2) is 108 Å². The van der Waals surface area contributed by atoms with Crippen LogP contribution in [0.15, 0.2) is 12.7 Å². The van der Waals surface area contributed by atoms with E-state index in [1.807, 2.05) is 48.5 Å². The number of urea groups is 1. The highest BCUT2D eigenvalue weighted by Crippen LogP contribution is 2.65. The van der Waals surface area contributed by atoms with Crippen LogP contribution in [0.1, 0.15) is 95.9 Å². The minimum Gasteiger partial charge on any atom is -0.381 e. The molecule has 2 fully saturated rings. The van der Waals surface area contributed by atoms with Crippen molar-refractivity contribution in [3.05, 3.63) is 12.7 Å². The van der Waals surface area contributed by atoms with Crippen LogP contribution in [0, 0.1) is 28.1 Å². The van der Waals surface area contributed by atoms with Gasteiger partial charge in [-0.25, -0.2) is 13.2 Å². The van der Waals surface area contributed by atoms with Gasteiger partial charge in [-0.1, -0.05) is 74.8 Å². The van der Waals surface area contributed by atoms with Crippen LogP contribution in [0.2, 0.25) is 0 Å². The predicted octanol–water partition coefficient (Wildman–Crippen LogP) is 2.61. The molecule has 49 heavy (non-hydrogen) atoms. The van der Waals surface area contributed by atoms with Crippen molar-refractivity contribution in [1.29, 1.82) is 0 Å². The van der Waals surface area contributed by atoms with Crippen LogP contribution in [0.25, 0.3) is 0 Å². The van der Waals surface area contributed by atoms with Gasteiger partial charge in [0, 0.05) is 25.7 Å². The second-order valence-electron chi connectivity index (χ2n) is 17.5. The fourth-order valence-electron chi connectivity index (χ4n) is 6.55. The highest BCUT2D eigenvalue weighted by atomic mass is 32.2. The SMILES string of the molecule is C=CCNC(=O)C(O)C(CCC)NC(=O)[C@@H]1C2C(CN1C(=O)C(NC(=O)N[C@H](CS(=O)(=O)N(C)C(C)(C)C)C(C)(C)C)C(C)(C)C)C2(C)C. The summed E-state index contributed by atoms with van der Waals surface area (Å²) in [5.41, 5.74) is -2.28. The lowest BCUT2D eigenvalue weighted by Crippen LogP contribution is -2.63. The molecule has 1 aliphatic carbocycles. The van der Waals surface area contributed by atoms with Gasteiger partial charge in [0.1, 0.15) is 12.1 Å². The number of piperidine rings is 1. The first-order valence-electron chi connectivity index (χ1n) is 17.3. The number of rotatable bonds is 14. The summed E-state index contributed by atoms with van der Waals surface area (Å²) >= 11 is 0. The van der Waals surface area contributed by atoms with Crippen molar-refractivity contribution in [2.75, 3.05) is 25.9 Å². The molecule has 5 unspecified atom stereocenters. The molecule has 0 aromatic carbocycles. The topological polar surface area (TPSA) is 177 Å². The van der Waals surface area contributed by atoms with Gasteiger partial charge in [0.25, 0.3) is 5.91 Å². The molecule has 0 aromatic heterocycles. The maximum atomic E-state index is 14.4. The lowest BCUT2D eigenvalue weighted by atomic mass is 9.85. The molecule has 0 bridgehead atoms. The predicted molar refractivity (Wildman–Crippen MR) is 192 cm³/mol. The largest absolute Gasteiger partial charge is 0.381 e. The summed E-state index contributed by atoms with van der Waals surface area (Å²) in [7, 11) is -2.25. The Morgan fingerprint density at radius 2 is 1.57 bits per heavy atom. The van der Waals surface area contributed by atoms with Crippen LogP contribution in [0.4, 0.5) is 4.79 Å². The number of likely N-dealkylation sites (tertiary alicyclic amines) is 1. The van der Waals surface area contributed by atoms with E-state index in [2.05, 4.69) is 41.7 Å². The van der Waals surface area contributed by atoms with Crippen LogP contribution < -0.4 is 21.3 Å². The Morgan fingerprint density at radius 1 is 1.00 bits per heavy atom. The van der Waals surface area contributed by atoms with E-state index in [-0.39, 0.29) is 29.5 Å². The number of carbonyl (C=O) groups excluding carboxylic acids is 4. The summed E-state index contributed by atoms with van der Waals surface area (Å²) in [6.45, 7) is 26.4. The molecule has 2 aliphatic rings. The number of carbonyl (C=O) groups is 4. The van der Waals surface area contributed by atoms with Gasteiger partial charge in [-0.05, 0) is 55.3 Å². The lowest BCUT2D eigenvalue weighted by Gasteiger charge is -2.39. The molecule has 13 nitrogen and oxygen atoms in total. The van der Waals surface area contributed by atoms with Gasteiger partial charge in [-0.15, -0.1) is 6.58 Å². The second kappa shape index (κ2) is 15.3. The first kappa shape index (κ1) is 42.5. The second-order valence-corrected chi connectivity index (χ2v) is 19.6. The summed E-state index contributed by atoms with van der Waals surface area (Å²) in [6.07, 6.45) is 0.935. The van der Waals surface area contributed by atoms with Crippen molar-refractivity contribution in [2.45, 2.75) is 132 Å². The number of amides is 5. The number of hydrogen-bond donors (Lipinski definition) is 5. The van der Waals surface area contributed by atoms with Crippen LogP contribution in [0.3, 0.4) is 0 Å². The summed E-state index contributed by atoms with van der Waals surface area (Å²) in [4.78, 5) is 56.0. The van der Waals surface area contributed by atoms with Crippen LogP contribution >= 0.6 is 0 Å². The summed E-state index contributed by atoms with van der Waals surface area (Å²) < 4.78 is 27.9. The number of sulfonamides is 1. The highest BCUT2D eigenvalue weighted by molar-refractivity contribution is 7.89. The van der Waals surface area contributed by atoms with E-state index in [0.29, 0.717) is 19.4 Å². The van der Waals surface area contributed by atoms with Crippen molar-refractivity contribution >= 4 is 33.8 Å². The van der Waals surface area contributed by atoms with E-state index < -0.39 is 80.4 Å². The lowest BCUT2D eigenvalue weighted by molar-refractivity contribution is -0.144. The van der Waals surface area contributed by atoms with Crippen LogP contribution in [0.5, 0.6) is 0 Å². The third kappa shape index (κ3) is 10.2. The third-order valence-corrected chi connectivity index (χ3v) is 12.4. The fourth-order valence-corrected chi connectivity index (χ4v) is 8.62. The standard InChI is InChI=1S/C35H64N6O7S/c1-15-17-22(26(42)29(44)36-18-16-2)37-28(43)25-24-21(35(24,12)13)19-41(25)30(45)27(33(6,7)8)39-31(46)38-23(32(3,4)5)20-49(47,48)40(14)34(9,10)11/h16,21-27,42H,2,15,17-20H2,1,3-14H3,(H,36,44)(H,37,43)(H2,38,39,46)/t21?,22?,23-,24?,25+,26?,27?/m1/s1. The normalized spacial score (nSPS) is 23.1. The monoisotopic (exact) mass is 712 g/mol. The molecule has 1 saturated carbocycles. The van der Waals surface area contributed by atoms with Gasteiger partial charge in [-0.3, -0.25) is 14.4 Å². The van der Waals surface area contributed by atoms with Crippen molar-refractivity contribution < 1.29 is 32.7 Å². The van der Waals surface area contributed by atoms with Gasteiger partial charge in [-0.2, -0.15) is 4.31 Å². The highest BCUT2D eigenvalue weighted by Gasteiger charge is 2.70. The van der Waals surface area contributed by atoms with Crippen molar-refractivity contribution in [3.8, 4) is 0 Å². The van der Waals surface area contributed by atoms with Crippen LogP contribution in [-0.2, 0) is 24.4 Å². The minimum atomic E-state index is -3.77. The van der Waals surface area contributed by atoms with E-state index in [1.165, 1.54) is 22.3 Å². The first-order valence-corrected chi connectivity index (χ1v) is 18.9. The fraction of sp³-hybridized carbons (Fsp3) is 0.829. The number of nitrogens with zero attached hydrogens (tertiary/aromatic N) is 2. The average Bonchev–Trinajstić information content (AvgIpc) is 3.26. The van der Waals surface area contributed by atoms with E-state index in [1.54, 1.807) is 20.8 Å². The molecule has 0 spiro atoms. The molecule has 0 aromatic rings. The molecule has 14 heteroatoms. The van der Waals surface area contributed by atoms with Gasteiger partial charge < -0.3 is 31.3 Å². The number of aliphatic hydroxyl groups excluding tert-OH is 1. The van der Waals surface area contributed by atoms with Gasteiger partial charge in [0.05, 0.1) is 17.8 Å². The summed E-state index contributed by atoms with van der Waals surface area (Å²) in [5, 5.41) is 21.9.